The Labute approximate surface area is 197 Å². The van der Waals surface area contributed by atoms with Gasteiger partial charge < -0.3 is 5.32 Å². The Balaban J connectivity index is 1.38. The highest BCUT2D eigenvalue weighted by Gasteiger charge is 2.15. The number of carbonyl (C=O) groups is 1. The lowest BCUT2D eigenvalue weighted by Crippen LogP contribution is -2.12. The maximum atomic E-state index is 12.6. The number of halogens is 1. The van der Waals surface area contributed by atoms with Gasteiger partial charge in [-0.25, -0.2) is 0 Å². The molecular formula is C23H14ClN7O3. The molecule has 0 bridgehead atoms. The minimum atomic E-state index is -0.572. The zero-order valence-electron chi connectivity index (χ0n) is 17.3. The molecule has 0 saturated carbocycles. The number of fused-ring (bicyclic) bond motifs is 1. The molecule has 1 amide bonds. The number of amides is 1. The lowest BCUT2D eigenvalue weighted by Gasteiger charge is -2.08. The number of benzene rings is 2. The minimum absolute atomic E-state index is 0.000755. The van der Waals surface area contributed by atoms with Gasteiger partial charge in [0.15, 0.2) is 11.5 Å². The predicted molar refractivity (Wildman–Crippen MR) is 126 cm³/mol. The summed E-state index contributed by atoms with van der Waals surface area (Å²) in [7, 11) is 0. The quantitative estimate of drug-likeness (QED) is 0.291. The van der Waals surface area contributed by atoms with Crippen molar-refractivity contribution in [3.63, 3.8) is 0 Å². The molecule has 0 aliphatic rings. The molecule has 0 unspecified atom stereocenters. The molecule has 5 aromatic rings. The maximum absolute atomic E-state index is 12.6. The third-order valence-electron chi connectivity index (χ3n) is 5.03. The van der Waals surface area contributed by atoms with Crippen molar-refractivity contribution in [1.29, 1.82) is 0 Å². The third-order valence-corrected chi connectivity index (χ3v) is 5.34. The number of anilines is 1. The minimum Gasteiger partial charge on any atom is -0.322 e. The summed E-state index contributed by atoms with van der Waals surface area (Å²) in [5.74, 6) is 0.103. The molecule has 0 fully saturated rings. The first kappa shape index (κ1) is 21.2. The van der Waals surface area contributed by atoms with Gasteiger partial charge in [-0.3, -0.25) is 19.9 Å². The molecule has 5 rings (SSSR count). The summed E-state index contributed by atoms with van der Waals surface area (Å²) < 4.78 is 1.65. The number of non-ortho nitro benzene ring substituents is 1. The first-order valence-corrected chi connectivity index (χ1v) is 10.4. The van der Waals surface area contributed by atoms with Crippen LogP contribution in [0, 0.1) is 10.1 Å². The number of nitro groups is 1. The van der Waals surface area contributed by atoms with Gasteiger partial charge in [-0.15, -0.1) is 10.2 Å². The van der Waals surface area contributed by atoms with Crippen molar-refractivity contribution < 1.29 is 9.72 Å². The summed E-state index contributed by atoms with van der Waals surface area (Å²) in [5.41, 5.74) is 3.39. The van der Waals surface area contributed by atoms with E-state index in [1.54, 1.807) is 29.0 Å². The fourth-order valence-electron chi connectivity index (χ4n) is 3.34. The Morgan fingerprint density at radius 3 is 2.53 bits per heavy atom. The Morgan fingerprint density at radius 1 is 1.00 bits per heavy atom. The van der Waals surface area contributed by atoms with Crippen LogP contribution in [-0.4, -0.2) is 35.6 Å². The van der Waals surface area contributed by atoms with Crippen molar-refractivity contribution >= 4 is 34.5 Å². The van der Waals surface area contributed by atoms with Crippen LogP contribution in [0.1, 0.15) is 10.4 Å². The number of nitro benzene ring substituents is 1. The largest absolute Gasteiger partial charge is 0.322 e. The summed E-state index contributed by atoms with van der Waals surface area (Å²) in [6.07, 6.45) is 3.38. The van der Waals surface area contributed by atoms with Crippen molar-refractivity contribution in [3.8, 4) is 22.6 Å². The van der Waals surface area contributed by atoms with Crippen molar-refractivity contribution in [2.45, 2.75) is 0 Å². The standard InChI is InChI=1S/C23H14ClN7O3/c24-19-12-17(31(33)34)7-8-18(19)23(32)26-16-5-3-14(4-6-16)20-9-10-21-27-28-22(30(21)29-20)15-2-1-11-25-13-15/h1-13H,(H,26,32). The smallest absolute Gasteiger partial charge is 0.270 e. The lowest BCUT2D eigenvalue weighted by molar-refractivity contribution is -0.384. The van der Waals surface area contributed by atoms with Crippen LogP contribution >= 0.6 is 11.6 Å². The van der Waals surface area contributed by atoms with E-state index in [0.29, 0.717) is 22.9 Å². The second kappa shape index (κ2) is 8.68. The molecule has 0 saturated heterocycles. The number of aromatic nitrogens is 5. The van der Waals surface area contributed by atoms with E-state index in [2.05, 4.69) is 25.6 Å². The number of hydrogen-bond acceptors (Lipinski definition) is 7. The number of hydrogen-bond donors (Lipinski definition) is 1. The number of nitrogens with zero attached hydrogens (tertiary/aromatic N) is 6. The van der Waals surface area contributed by atoms with Gasteiger partial charge in [-0.1, -0.05) is 23.7 Å². The van der Waals surface area contributed by atoms with Gasteiger partial charge in [-0.2, -0.15) is 9.61 Å². The summed E-state index contributed by atoms with van der Waals surface area (Å²) in [4.78, 5) is 27.0. The van der Waals surface area contributed by atoms with Crippen molar-refractivity contribution in [3.05, 3.63) is 99.8 Å². The summed E-state index contributed by atoms with van der Waals surface area (Å²) in [5, 5.41) is 26.6. The van der Waals surface area contributed by atoms with E-state index in [-0.39, 0.29) is 16.3 Å². The van der Waals surface area contributed by atoms with Gasteiger partial charge in [0.2, 0.25) is 0 Å². The maximum Gasteiger partial charge on any atom is 0.270 e. The Morgan fingerprint density at radius 2 is 1.82 bits per heavy atom. The van der Waals surface area contributed by atoms with Crippen molar-refractivity contribution in [2.24, 2.45) is 0 Å². The second-order valence-corrected chi connectivity index (χ2v) is 7.61. The first-order chi connectivity index (χ1) is 16.5. The van der Waals surface area contributed by atoms with E-state index < -0.39 is 10.8 Å². The average Bonchev–Trinajstić information content (AvgIpc) is 3.28. The number of pyridine rings is 1. The molecule has 10 nitrogen and oxygen atoms in total. The van der Waals surface area contributed by atoms with E-state index in [9.17, 15) is 14.9 Å². The van der Waals surface area contributed by atoms with Crippen LogP contribution in [0.15, 0.2) is 79.1 Å². The average molecular weight is 472 g/mol. The molecule has 166 valence electrons. The Kier molecular flexibility index (Phi) is 5.40. The van der Waals surface area contributed by atoms with Gasteiger partial charge in [0, 0.05) is 41.3 Å². The van der Waals surface area contributed by atoms with Crippen LogP contribution < -0.4 is 5.32 Å². The van der Waals surface area contributed by atoms with Crippen molar-refractivity contribution in [2.75, 3.05) is 5.32 Å². The number of nitrogens with one attached hydrogen (secondary N) is 1. The number of carbonyl (C=O) groups excluding carboxylic acids is 1. The van der Waals surface area contributed by atoms with E-state index in [1.807, 2.05) is 36.4 Å². The fourth-order valence-corrected chi connectivity index (χ4v) is 3.60. The summed E-state index contributed by atoms with van der Waals surface area (Å²) in [6.45, 7) is 0. The van der Waals surface area contributed by atoms with Gasteiger partial charge in [0.1, 0.15) is 0 Å². The fraction of sp³-hybridized carbons (Fsp3) is 0. The van der Waals surface area contributed by atoms with E-state index in [1.165, 1.54) is 12.1 Å². The van der Waals surface area contributed by atoms with Gasteiger partial charge in [-0.05, 0) is 42.5 Å². The molecule has 0 aliphatic carbocycles. The van der Waals surface area contributed by atoms with Gasteiger partial charge in [0.25, 0.3) is 11.6 Å². The predicted octanol–water partition coefficient (Wildman–Crippen LogP) is 4.67. The second-order valence-electron chi connectivity index (χ2n) is 7.21. The van der Waals surface area contributed by atoms with Gasteiger partial charge in [0.05, 0.1) is 21.2 Å². The van der Waals surface area contributed by atoms with Gasteiger partial charge >= 0.3 is 0 Å². The zero-order valence-corrected chi connectivity index (χ0v) is 18.0. The highest BCUT2D eigenvalue weighted by atomic mass is 35.5. The Hall–Kier alpha value is -4.70. The summed E-state index contributed by atoms with van der Waals surface area (Å²) in [6, 6.07) is 18.1. The number of rotatable bonds is 5. The summed E-state index contributed by atoms with van der Waals surface area (Å²) >= 11 is 6.05. The highest BCUT2D eigenvalue weighted by Crippen LogP contribution is 2.25. The molecule has 0 spiro atoms. The molecule has 0 radical (unpaired) electrons. The monoisotopic (exact) mass is 471 g/mol. The molecule has 34 heavy (non-hydrogen) atoms. The SMILES string of the molecule is O=C(Nc1ccc(-c2ccc3nnc(-c4cccnc4)n3n2)cc1)c1ccc([N+](=O)[O-])cc1Cl. The lowest BCUT2D eigenvalue weighted by atomic mass is 10.1. The van der Waals surface area contributed by atoms with Crippen LogP contribution in [-0.2, 0) is 0 Å². The van der Waals surface area contributed by atoms with Crippen LogP contribution in [0.25, 0.3) is 28.3 Å². The molecule has 0 atom stereocenters. The third kappa shape index (κ3) is 4.05. The van der Waals surface area contributed by atoms with E-state index >= 15 is 0 Å². The van der Waals surface area contributed by atoms with E-state index in [4.69, 9.17) is 11.6 Å². The molecule has 11 heteroatoms. The Bertz CT molecular complexity index is 1540. The molecule has 3 heterocycles. The molecule has 2 aromatic carbocycles. The van der Waals surface area contributed by atoms with Crippen molar-refractivity contribution in [1.82, 2.24) is 24.8 Å². The highest BCUT2D eigenvalue weighted by molar-refractivity contribution is 6.34. The van der Waals surface area contributed by atoms with Crippen LogP contribution in [0.4, 0.5) is 11.4 Å². The molecular weight excluding hydrogens is 458 g/mol. The van der Waals surface area contributed by atoms with Crippen LogP contribution in [0.3, 0.4) is 0 Å². The van der Waals surface area contributed by atoms with Crippen LogP contribution in [0.5, 0.6) is 0 Å². The molecule has 1 N–H and O–H groups in total. The normalized spacial score (nSPS) is 10.9. The van der Waals surface area contributed by atoms with E-state index in [0.717, 1.165) is 17.2 Å². The molecule has 0 aliphatic heterocycles. The molecule has 3 aromatic heterocycles. The first-order valence-electron chi connectivity index (χ1n) is 9.98. The topological polar surface area (TPSA) is 128 Å². The van der Waals surface area contributed by atoms with Crippen LogP contribution in [0.2, 0.25) is 5.02 Å². The zero-order chi connectivity index (χ0) is 23.7.